The van der Waals surface area contributed by atoms with Gasteiger partial charge >= 0.3 is 5.97 Å². The highest BCUT2D eigenvalue weighted by Crippen LogP contribution is 2.22. The van der Waals surface area contributed by atoms with E-state index in [2.05, 4.69) is 10.1 Å². The highest BCUT2D eigenvalue weighted by atomic mass is 16.4. The zero-order valence-electron chi connectivity index (χ0n) is 7.68. The first-order chi connectivity index (χ1) is 6.72. The number of carbonyl (C=O) groups is 1. The second-order valence-corrected chi connectivity index (χ2v) is 3.34. The molecule has 0 radical (unpaired) electrons. The van der Waals surface area contributed by atoms with Crippen LogP contribution in [0.2, 0.25) is 0 Å². The third-order valence-corrected chi connectivity index (χ3v) is 2.39. The number of carboxylic acids is 1. The van der Waals surface area contributed by atoms with Gasteiger partial charge in [0.25, 0.3) is 0 Å². The second kappa shape index (κ2) is 3.38. The minimum atomic E-state index is -0.848. The molecule has 14 heavy (non-hydrogen) atoms. The SMILES string of the molecule is NCc1nc2n(n1)C(C(=O)O)CCC2. The maximum atomic E-state index is 10.9. The highest BCUT2D eigenvalue weighted by Gasteiger charge is 2.27. The van der Waals surface area contributed by atoms with Crippen molar-refractivity contribution in [2.45, 2.75) is 31.8 Å². The first-order valence-corrected chi connectivity index (χ1v) is 4.59. The van der Waals surface area contributed by atoms with Gasteiger partial charge in [0.1, 0.15) is 5.82 Å². The van der Waals surface area contributed by atoms with E-state index in [0.29, 0.717) is 12.2 Å². The zero-order chi connectivity index (χ0) is 10.1. The quantitative estimate of drug-likeness (QED) is 0.677. The molecule has 76 valence electrons. The van der Waals surface area contributed by atoms with Gasteiger partial charge in [0, 0.05) is 6.42 Å². The minimum absolute atomic E-state index is 0.256. The molecule has 0 aliphatic carbocycles. The van der Waals surface area contributed by atoms with Gasteiger partial charge in [-0.2, -0.15) is 5.10 Å². The number of carboxylic acid groups (broad SMARTS) is 1. The van der Waals surface area contributed by atoms with Crippen LogP contribution in [0.25, 0.3) is 0 Å². The predicted octanol–water partition coefficient (Wildman–Crippen LogP) is -0.301. The van der Waals surface area contributed by atoms with Crippen LogP contribution < -0.4 is 5.73 Å². The zero-order valence-corrected chi connectivity index (χ0v) is 7.68. The van der Waals surface area contributed by atoms with Crippen molar-refractivity contribution in [1.82, 2.24) is 14.8 Å². The number of aryl methyl sites for hydroxylation is 1. The molecule has 6 nitrogen and oxygen atoms in total. The molecular formula is C8H12N4O2. The van der Waals surface area contributed by atoms with E-state index in [9.17, 15) is 4.79 Å². The molecular weight excluding hydrogens is 184 g/mol. The molecule has 0 saturated heterocycles. The van der Waals surface area contributed by atoms with E-state index >= 15 is 0 Å². The number of nitrogens with zero attached hydrogens (tertiary/aromatic N) is 3. The Balaban J connectivity index is 2.38. The third kappa shape index (κ3) is 1.37. The topological polar surface area (TPSA) is 94.0 Å². The fraction of sp³-hybridized carbons (Fsp3) is 0.625. The number of hydrogen-bond acceptors (Lipinski definition) is 4. The molecule has 1 aliphatic rings. The van der Waals surface area contributed by atoms with Gasteiger partial charge in [-0.05, 0) is 12.8 Å². The van der Waals surface area contributed by atoms with Crippen molar-refractivity contribution in [1.29, 1.82) is 0 Å². The molecule has 1 aliphatic heterocycles. The molecule has 3 N–H and O–H groups in total. The monoisotopic (exact) mass is 196 g/mol. The minimum Gasteiger partial charge on any atom is -0.480 e. The van der Waals surface area contributed by atoms with Crippen LogP contribution in [-0.2, 0) is 17.8 Å². The first-order valence-electron chi connectivity index (χ1n) is 4.59. The van der Waals surface area contributed by atoms with Gasteiger partial charge in [-0.3, -0.25) is 0 Å². The second-order valence-electron chi connectivity index (χ2n) is 3.34. The van der Waals surface area contributed by atoms with Gasteiger partial charge in [-0.25, -0.2) is 14.5 Å². The molecule has 0 fully saturated rings. The van der Waals surface area contributed by atoms with Crippen molar-refractivity contribution in [2.75, 3.05) is 0 Å². The Bertz CT molecular complexity index is 360. The number of nitrogens with two attached hydrogens (primary N) is 1. The Kier molecular flexibility index (Phi) is 2.20. The van der Waals surface area contributed by atoms with Gasteiger partial charge in [0.05, 0.1) is 6.54 Å². The van der Waals surface area contributed by atoms with Crippen LogP contribution in [0.1, 0.15) is 30.5 Å². The Morgan fingerprint density at radius 1 is 1.71 bits per heavy atom. The summed E-state index contributed by atoms with van der Waals surface area (Å²) in [5.41, 5.74) is 5.40. The highest BCUT2D eigenvalue weighted by molar-refractivity contribution is 5.71. The fourth-order valence-electron chi connectivity index (χ4n) is 1.72. The Labute approximate surface area is 80.7 Å². The maximum Gasteiger partial charge on any atom is 0.328 e. The van der Waals surface area contributed by atoms with Crippen LogP contribution in [0.3, 0.4) is 0 Å². The lowest BCUT2D eigenvalue weighted by Gasteiger charge is -2.19. The fourth-order valence-corrected chi connectivity index (χ4v) is 1.72. The molecule has 6 heteroatoms. The lowest BCUT2D eigenvalue weighted by molar-refractivity contribution is -0.141. The summed E-state index contributed by atoms with van der Waals surface area (Å²) >= 11 is 0. The van der Waals surface area contributed by atoms with Crippen LogP contribution >= 0.6 is 0 Å². The van der Waals surface area contributed by atoms with E-state index in [4.69, 9.17) is 10.8 Å². The molecule has 0 amide bonds. The van der Waals surface area contributed by atoms with Crippen molar-refractivity contribution in [3.8, 4) is 0 Å². The summed E-state index contributed by atoms with van der Waals surface area (Å²) in [5.74, 6) is 0.414. The van der Waals surface area contributed by atoms with E-state index in [1.165, 1.54) is 4.68 Å². The smallest absolute Gasteiger partial charge is 0.328 e. The summed E-state index contributed by atoms with van der Waals surface area (Å²) in [6.07, 6.45) is 2.26. The molecule has 1 aromatic heterocycles. The Morgan fingerprint density at radius 2 is 2.50 bits per heavy atom. The molecule has 1 atom stereocenters. The number of hydrogen-bond donors (Lipinski definition) is 2. The van der Waals surface area contributed by atoms with Crippen LogP contribution in [0.5, 0.6) is 0 Å². The van der Waals surface area contributed by atoms with Crippen LogP contribution in [0.4, 0.5) is 0 Å². The van der Waals surface area contributed by atoms with E-state index in [0.717, 1.165) is 18.7 Å². The molecule has 1 aromatic rings. The van der Waals surface area contributed by atoms with Gasteiger partial charge in [-0.15, -0.1) is 0 Å². The summed E-state index contributed by atoms with van der Waals surface area (Å²) < 4.78 is 1.49. The van der Waals surface area contributed by atoms with Crippen LogP contribution in [0.15, 0.2) is 0 Å². The number of aromatic nitrogens is 3. The van der Waals surface area contributed by atoms with E-state index in [1.807, 2.05) is 0 Å². The number of aliphatic carboxylic acids is 1. The van der Waals surface area contributed by atoms with E-state index in [1.54, 1.807) is 0 Å². The van der Waals surface area contributed by atoms with Gasteiger partial charge < -0.3 is 10.8 Å². The number of fused-ring (bicyclic) bond motifs is 1. The normalized spacial score (nSPS) is 20.5. The number of rotatable bonds is 2. The lowest BCUT2D eigenvalue weighted by Crippen LogP contribution is -2.26. The predicted molar refractivity (Wildman–Crippen MR) is 47.5 cm³/mol. The summed E-state index contributed by atoms with van der Waals surface area (Å²) in [4.78, 5) is 15.1. The molecule has 2 heterocycles. The van der Waals surface area contributed by atoms with Crippen molar-refractivity contribution in [3.05, 3.63) is 11.6 Å². The third-order valence-electron chi connectivity index (χ3n) is 2.39. The van der Waals surface area contributed by atoms with Crippen molar-refractivity contribution in [2.24, 2.45) is 5.73 Å². The van der Waals surface area contributed by atoms with Gasteiger partial charge in [0.15, 0.2) is 11.9 Å². The van der Waals surface area contributed by atoms with Gasteiger partial charge in [0.2, 0.25) is 0 Å². The average Bonchev–Trinajstić information content (AvgIpc) is 2.59. The van der Waals surface area contributed by atoms with E-state index < -0.39 is 12.0 Å². The van der Waals surface area contributed by atoms with Crippen molar-refractivity contribution >= 4 is 5.97 Å². The Morgan fingerprint density at radius 3 is 3.14 bits per heavy atom. The molecule has 1 unspecified atom stereocenters. The molecule has 2 rings (SSSR count). The van der Waals surface area contributed by atoms with Crippen molar-refractivity contribution in [3.63, 3.8) is 0 Å². The summed E-state index contributed by atoms with van der Waals surface area (Å²) in [5, 5.41) is 13.0. The van der Waals surface area contributed by atoms with E-state index in [-0.39, 0.29) is 6.54 Å². The first kappa shape index (κ1) is 9.14. The lowest BCUT2D eigenvalue weighted by atomic mass is 10.1. The standard InChI is InChI=1S/C8H12N4O2/c9-4-6-10-7-3-1-2-5(8(13)14)12(7)11-6/h5H,1-4,9H2,(H,13,14). The molecule has 0 aromatic carbocycles. The maximum absolute atomic E-state index is 10.9. The van der Waals surface area contributed by atoms with Crippen LogP contribution in [-0.4, -0.2) is 25.8 Å². The Hall–Kier alpha value is -1.43. The molecule has 0 spiro atoms. The summed E-state index contributed by atoms with van der Waals surface area (Å²) in [6, 6.07) is -0.563. The van der Waals surface area contributed by atoms with Crippen molar-refractivity contribution < 1.29 is 9.90 Å². The van der Waals surface area contributed by atoms with Gasteiger partial charge in [-0.1, -0.05) is 0 Å². The average molecular weight is 196 g/mol. The summed E-state index contributed by atoms with van der Waals surface area (Å²) in [6.45, 7) is 0.256. The molecule has 0 saturated carbocycles. The molecule has 0 bridgehead atoms. The largest absolute Gasteiger partial charge is 0.480 e. The summed E-state index contributed by atoms with van der Waals surface area (Å²) in [7, 11) is 0. The van der Waals surface area contributed by atoms with Crippen LogP contribution in [0, 0.1) is 0 Å².